The highest BCUT2D eigenvalue weighted by Gasteiger charge is 2.10. The Hall–Kier alpha value is -2.63. The molecule has 6 heteroatoms. The highest BCUT2D eigenvalue weighted by atomic mass is 16.5. The molecule has 110 valence electrons. The van der Waals surface area contributed by atoms with Gasteiger partial charge in [0, 0.05) is 12.2 Å². The summed E-state index contributed by atoms with van der Waals surface area (Å²) in [6.45, 7) is 3.79. The Kier molecular flexibility index (Phi) is 4.71. The van der Waals surface area contributed by atoms with Gasteiger partial charge in [-0.15, -0.1) is 0 Å². The van der Waals surface area contributed by atoms with E-state index in [9.17, 15) is 4.79 Å². The smallest absolute Gasteiger partial charge is 0.270 e. The molecule has 0 aliphatic heterocycles. The van der Waals surface area contributed by atoms with Crippen LogP contribution < -0.4 is 15.4 Å². The van der Waals surface area contributed by atoms with Crippen molar-refractivity contribution < 1.29 is 9.53 Å². The van der Waals surface area contributed by atoms with Crippen molar-refractivity contribution in [3.8, 4) is 5.75 Å². The molecule has 0 atom stereocenters. The Morgan fingerprint density at radius 2 is 2.00 bits per heavy atom. The van der Waals surface area contributed by atoms with Crippen LogP contribution in [0.1, 0.15) is 24.3 Å². The van der Waals surface area contributed by atoms with E-state index in [-0.39, 0.29) is 11.9 Å². The molecule has 0 saturated heterocycles. The number of benzene rings is 1. The highest BCUT2D eigenvalue weighted by molar-refractivity contribution is 5.92. The number of ether oxygens (including phenoxy) is 1. The van der Waals surface area contributed by atoms with Crippen LogP contribution in [0.4, 0.5) is 11.6 Å². The molecule has 2 aromatic rings. The molecule has 0 aliphatic rings. The maximum Gasteiger partial charge on any atom is 0.270 e. The number of rotatable bonds is 5. The lowest BCUT2D eigenvalue weighted by Crippen LogP contribution is -2.30. The molecule has 0 spiro atoms. The quantitative estimate of drug-likeness (QED) is 0.882. The Labute approximate surface area is 123 Å². The Balaban J connectivity index is 2.20. The van der Waals surface area contributed by atoms with Crippen LogP contribution >= 0.6 is 0 Å². The normalized spacial score (nSPS) is 10.3. The molecule has 0 bridgehead atoms. The van der Waals surface area contributed by atoms with E-state index in [0.717, 1.165) is 5.69 Å². The van der Waals surface area contributed by atoms with Crippen LogP contribution in [-0.4, -0.2) is 29.0 Å². The summed E-state index contributed by atoms with van der Waals surface area (Å²) in [5, 5.41) is 5.84. The first kappa shape index (κ1) is 14.8. The zero-order chi connectivity index (χ0) is 15.2. The Morgan fingerprint density at radius 3 is 2.71 bits per heavy atom. The van der Waals surface area contributed by atoms with E-state index in [1.807, 2.05) is 38.1 Å². The first-order chi connectivity index (χ1) is 10.1. The average molecular weight is 286 g/mol. The van der Waals surface area contributed by atoms with E-state index in [0.29, 0.717) is 17.4 Å². The SMILES string of the molecule is COc1ccccc1Nc1nccc(C(=O)NC(C)C)n1. The summed E-state index contributed by atoms with van der Waals surface area (Å²) in [7, 11) is 1.59. The van der Waals surface area contributed by atoms with Gasteiger partial charge in [-0.3, -0.25) is 4.79 Å². The molecule has 1 heterocycles. The standard InChI is InChI=1S/C15H18N4O2/c1-10(2)17-14(20)12-8-9-16-15(19-12)18-11-6-4-5-7-13(11)21-3/h4-10H,1-3H3,(H,17,20)(H,16,18,19). The minimum absolute atomic E-state index is 0.0538. The van der Waals surface area contributed by atoms with Crippen molar-refractivity contribution in [2.75, 3.05) is 12.4 Å². The average Bonchev–Trinajstić information content (AvgIpc) is 2.47. The van der Waals surface area contributed by atoms with Crippen molar-refractivity contribution in [1.82, 2.24) is 15.3 Å². The van der Waals surface area contributed by atoms with Crippen LogP contribution in [0.5, 0.6) is 5.75 Å². The lowest BCUT2D eigenvalue weighted by atomic mass is 10.3. The lowest BCUT2D eigenvalue weighted by molar-refractivity contribution is 0.0938. The van der Waals surface area contributed by atoms with Gasteiger partial charge in [0.15, 0.2) is 0 Å². The second-order valence-electron chi connectivity index (χ2n) is 4.72. The maximum atomic E-state index is 11.9. The molecule has 21 heavy (non-hydrogen) atoms. The summed E-state index contributed by atoms with van der Waals surface area (Å²) >= 11 is 0. The zero-order valence-corrected chi connectivity index (χ0v) is 12.3. The number of carbonyl (C=O) groups excluding carboxylic acids is 1. The monoisotopic (exact) mass is 286 g/mol. The van der Waals surface area contributed by atoms with Crippen molar-refractivity contribution in [3.05, 3.63) is 42.2 Å². The molecule has 6 nitrogen and oxygen atoms in total. The third-order valence-corrected chi connectivity index (χ3v) is 2.66. The fraction of sp³-hybridized carbons (Fsp3) is 0.267. The molecule has 1 amide bonds. The van der Waals surface area contributed by atoms with Gasteiger partial charge < -0.3 is 15.4 Å². The largest absolute Gasteiger partial charge is 0.495 e. The van der Waals surface area contributed by atoms with Gasteiger partial charge in [-0.05, 0) is 32.0 Å². The molecular formula is C15H18N4O2. The first-order valence-electron chi connectivity index (χ1n) is 6.64. The van der Waals surface area contributed by atoms with Crippen molar-refractivity contribution in [2.45, 2.75) is 19.9 Å². The van der Waals surface area contributed by atoms with Crippen molar-refractivity contribution in [1.29, 1.82) is 0 Å². The third kappa shape index (κ3) is 3.92. The number of hydrogen-bond donors (Lipinski definition) is 2. The van der Waals surface area contributed by atoms with Gasteiger partial charge in [0.2, 0.25) is 5.95 Å². The van der Waals surface area contributed by atoms with Gasteiger partial charge in [0.05, 0.1) is 12.8 Å². The fourth-order valence-corrected chi connectivity index (χ4v) is 1.75. The third-order valence-electron chi connectivity index (χ3n) is 2.66. The van der Waals surface area contributed by atoms with Gasteiger partial charge in [-0.1, -0.05) is 12.1 Å². The van der Waals surface area contributed by atoms with Crippen LogP contribution in [0.2, 0.25) is 0 Å². The van der Waals surface area contributed by atoms with Gasteiger partial charge >= 0.3 is 0 Å². The second kappa shape index (κ2) is 6.69. The number of aromatic nitrogens is 2. The van der Waals surface area contributed by atoms with E-state index < -0.39 is 0 Å². The number of amides is 1. The maximum absolute atomic E-state index is 11.9. The summed E-state index contributed by atoms with van der Waals surface area (Å²) in [5.41, 5.74) is 1.05. The number of carbonyl (C=O) groups is 1. The van der Waals surface area contributed by atoms with E-state index in [1.54, 1.807) is 19.4 Å². The van der Waals surface area contributed by atoms with Crippen LogP contribution in [0.3, 0.4) is 0 Å². The van der Waals surface area contributed by atoms with E-state index in [4.69, 9.17) is 4.74 Å². The van der Waals surface area contributed by atoms with Crippen molar-refractivity contribution in [2.24, 2.45) is 0 Å². The molecular weight excluding hydrogens is 268 g/mol. The zero-order valence-electron chi connectivity index (χ0n) is 12.3. The molecule has 0 saturated carbocycles. The molecule has 0 fully saturated rings. The summed E-state index contributed by atoms with van der Waals surface area (Å²) in [5.74, 6) is 0.796. The second-order valence-corrected chi connectivity index (χ2v) is 4.72. The fourth-order valence-electron chi connectivity index (χ4n) is 1.75. The molecule has 2 N–H and O–H groups in total. The van der Waals surface area contributed by atoms with Crippen molar-refractivity contribution >= 4 is 17.5 Å². The van der Waals surface area contributed by atoms with Crippen molar-refractivity contribution in [3.63, 3.8) is 0 Å². The molecule has 0 radical (unpaired) electrons. The number of nitrogens with one attached hydrogen (secondary N) is 2. The Morgan fingerprint density at radius 1 is 1.24 bits per heavy atom. The summed E-state index contributed by atoms with van der Waals surface area (Å²) in [6.07, 6.45) is 1.54. The van der Waals surface area contributed by atoms with Gasteiger partial charge in [0.1, 0.15) is 11.4 Å². The van der Waals surface area contributed by atoms with E-state index in [1.165, 1.54) is 0 Å². The molecule has 0 aliphatic carbocycles. The van der Waals surface area contributed by atoms with Crippen LogP contribution in [0.25, 0.3) is 0 Å². The predicted molar refractivity (Wildman–Crippen MR) is 80.9 cm³/mol. The highest BCUT2D eigenvalue weighted by Crippen LogP contribution is 2.25. The number of anilines is 2. The summed E-state index contributed by atoms with van der Waals surface area (Å²) < 4.78 is 5.25. The summed E-state index contributed by atoms with van der Waals surface area (Å²) in [6, 6.07) is 9.06. The molecule has 1 aromatic heterocycles. The lowest BCUT2D eigenvalue weighted by Gasteiger charge is -2.11. The van der Waals surface area contributed by atoms with E-state index >= 15 is 0 Å². The van der Waals surface area contributed by atoms with E-state index in [2.05, 4.69) is 20.6 Å². The first-order valence-corrected chi connectivity index (χ1v) is 6.64. The number of hydrogen-bond acceptors (Lipinski definition) is 5. The molecule has 1 aromatic carbocycles. The topological polar surface area (TPSA) is 76.1 Å². The van der Waals surface area contributed by atoms with Gasteiger partial charge in [0.25, 0.3) is 5.91 Å². The van der Waals surface area contributed by atoms with Gasteiger partial charge in [-0.2, -0.15) is 0 Å². The minimum Gasteiger partial charge on any atom is -0.495 e. The molecule has 0 unspecified atom stereocenters. The van der Waals surface area contributed by atoms with Gasteiger partial charge in [-0.25, -0.2) is 9.97 Å². The molecule has 2 rings (SSSR count). The minimum atomic E-state index is -0.226. The number of para-hydroxylation sites is 2. The number of methoxy groups -OCH3 is 1. The Bertz CT molecular complexity index is 629. The van der Waals surface area contributed by atoms with Crippen LogP contribution in [0.15, 0.2) is 36.5 Å². The summed E-state index contributed by atoms with van der Waals surface area (Å²) in [4.78, 5) is 20.2. The number of nitrogens with zero attached hydrogens (tertiary/aromatic N) is 2. The van der Waals surface area contributed by atoms with Crippen LogP contribution in [0, 0.1) is 0 Å². The van der Waals surface area contributed by atoms with Crippen LogP contribution in [-0.2, 0) is 0 Å². The predicted octanol–water partition coefficient (Wildman–Crippen LogP) is 2.37.